The summed E-state index contributed by atoms with van der Waals surface area (Å²) < 4.78 is 6.39. The van der Waals surface area contributed by atoms with Gasteiger partial charge in [0.05, 0.1) is 5.56 Å². The van der Waals surface area contributed by atoms with Gasteiger partial charge in [-0.3, -0.25) is 9.69 Å². The molecule has 6 heteroatoms. The van der Waals surface area contributed by atoms with E-state index in [0.29, 0.717) is 24.2 Å². The van der Waals surface area contributed by atoms with Crippen LogP contribution in [0.15, 0.2) is 53.0 Å². The van der Waals surface area contributed by atoms with Crippen molar-refractivity contribution in [2.45, 2.75) is 38.9 Å². The Morgan fingerprint density at radius 2 is 1.96 bits per heavy atom. The van der Waals surface area contributed by atoms with Crippen LogP contribution in [0.4, 0.5) is 0 Å². The minimum absolute atomic E-state index is 0.121. The number of hydrogen-bond donors (Lipinski definition) is 1. The monoisotopic (exact) mass is 444 g/mol. The second-order valence-corrected chi connectivity index (χ2v) is 8.88. The topological polar surface area (TPSA) is 58.6 Å². The Bertz CT molecular complexity index is 876. The lowest BCUT2D eigenvalue weighted by molar-refractivity contribution is -0.128. The van der Waals surface area contributed by atoms with Crippen LogP contribution in [0.2, 0.25) is 0 Å². The average molecular weight is 445 g/mol. The van der Waals surface area contributed by atoms with Crippen molar-refractivity contribution in [1.82, 2.24) is 10.2 Å². The van der Waals surface area contributed by atoms with Crippen LogP contribution < -0.4 is 5.32 Å². The predicted molar refractivity (Wildman–Crippen MR) is 112 cm³/mol. The van der Waals surface area contributed by atoms with Crippen molar-refractivity contribution in [1.29, 1.82) is 0 Å². The second-order valence-electron chi connectivity index (χ2n) is 7.97. The van der Waals surface area contributed by atoms with E-state index in [0.717, 1.165) is 10.0 Å². The molecule has 1 heterocycles. The van der Waals surface area contributed by atoms with Gasteiger partial charge < -0.3 is 10.1 Å². The van der Waals surface area contributed by atoms with Crippen LogP contribution in [0.5, 0.6) is 0 Å². The number of benzene rings is 2. The zero-order valence-electron chi connectivity index (χ0n) is 16.4. The minimum Gasteiger partial charge on any atom is -0.461 e. The molecule has 0 aliphatic carbocycles. The maximum Gasteiger partial charge on any atom is 0.338 e. The standard InChI is InChI=1S/C22H25BrN2O3/c1-22(2,3)24-20(26)19-17-9-4-5-10-18(17)21(27)28-12-11-25(19)14-15-7-6-8-16(23)13-15/h4-10,13,19H,11-12,14H2,1-3H3,(H,24,26). The van der Waals surface area contributed by atoms with E-state index in [2.05, 4.69) is 26.1 Å². The predicted octanol–water partition coefficient (Wildman–Crippen LogP) is 4.08. The van der Waals surface area contributed by atoms with Gasteiger partial charge in [0.1, 0.15) is 12.6 Å². The highest BCUT2D eigenvalue weighted by atomic mass is 79.9. The third-order valence-corrected chi connectivity index (χ3v) is 4.97. The van der Waals surface area contributed by atoms with Gasteiger partial charge in [0.15, 0.2) is 0 Å². The average Bonchev–Trinajstić information content (AvgIpc) is 2.59. The summed E-state index contributed by atoms with van der Waals surface area (Å²) in [5, 5.41) is 3.08. The molecule has 0 spiro atoms. The number of halogens is 1. The summed E-state index contributed by atoms with van der Waals surface area (Å²) >= 11 is 3.51. The molecule has 1 N–H and O–H groups in total. The van der Waals surface area contributed by atoms with Crippen molar-refractivity contribution in [2.24, 2.45) is 0 Å². The number of amides is 1. The first-order valence-corrected chi connectivity index (χ1v) is 10.1. The van der Waals surface area contributed by atoms with Gasteiger partial charge in [0.25, 0.3) is 0 Å². The zero-order chi connectivity index (χ0) is 20.3. The van der Waals surface area contributed by atoms with Crippen LogP contribution in [-0.4, -0.2) is 35.5 Å². The number of esters is 1. The van der Waals surface area contributed by atoms with Gasteiger partial charge in [-0.15, -0.1) is 0 Å². The van der Waals surface area contributed by atoms with E-state index in [9.17, 15) is 9.59 Å². The van der Waals surface area contributed by atoms with Crippen molar-refractivity contribution in [3.05, 3.63) is 69.7 Å². The molecule has 1 atom stereocenters. The maximum atomic E-state index is 13.3. The van der Waals surface area contributed by atoms with Gasteiger partial charge in [0.2, 0.25) is 5.91 Å². The van der Waals surface area contributed by atoms with Gasteiger partial charge in [-0.2, -0.15) is 0 Å². The molecule has 0 fully saturated rings. The Hall–Kier alpha value is -2.18. The maximum absolute atomic E-state index is 13.3. The smallest absolute Gasteiger partial charge is 0.338 e. The van der Waals surface area contributed by atoms with Crippen molar-refractivity contribution in [3.8, 4) is 0 Å². The lowest BCUT2D eigenvalue weighted by Gasteiger charge is -2.35. The Morgan fingerprint density at radius 3 is 2.68 bits per heavy atom. The number of rotatable bonds is 3. The Morgan fingerprint density at radius 1 is 1.21 bits per heavy atom. The number of carbonyl (C=O) groups is 2. The lowest BCUT2D eigenvalue weighted by Crippen LogP contribution is -2.49. The molecule has 2 aromatic carbocycles. The number of fused-ring (bicyclic) bond motifs is 1. The number of cyclic esters (lactones) is 1. The molecule has 3 rings (SSSR count). The van der Waals surface area contributed by atoms with Gasteiger partial charge in [-0.1, -0.05) is 46.3 Å². The number of nitrogens with one attached hydrogen (secondary N) is 1. The molecule has 28 heavy (non-hydrogen) atoms. The van der Waals surface area contributed by atoms with E-state index in [1.54, 1.807) is 12.1 Å². The Kier molecular flexibility index (Phi) is 6.20. The first kappa shape index (κ1) is 20.6. The molecule has 1 aliphatic heterocycles. The number of hydrogen-bond acceptors (Lipinski definition) is 4. The number of ether oxygens (including phenoxy) is 1. The van der Waals surface area contributed by atoms with E-state index in [-0.39, 0.29) is 24.0 Å². The lowest BCUT2D eigenvalue weighted by atomic mass is 9.95. The summed E-state index contributed by atoms with van der Waals surface area (Å²) in [5.74, 6) is -0.504. The summed E-state index contributed by atoms with van der Waals surface area (Å²) in [6.07, 6.45) is 0. The molecular formula is C22H25BrN2O3. The van der Waals surface area contributed by atoms with Crippen LogP contribution >= 0.6 is 15.9 Å². The van der Waals surface area contributed by atoms with Crippen molar-refractivity contribution < 1.29 is 14.3 Å². The molecule has 0 bridgehead atoms. The van der Waals surface area contributed by atoms with Crippen LogP contribution in [0, 0.1) is 0 Å². The normalized spacial score (nSPS) is 17.9. The second kappa shape index (κ2) is 8.45. The highest BCUT2D eigenvalue weighted by Gasteiger charge is 2.34. The fourth-order valence-electron chi connectivity index (χ4n) is 3.37. The molecule has 0 saturated carbocycles. The summed E-state index contributed by atoms with van der Waals surface area (Å²) in [6, 6.07) is 14.6. The van der Waals surface area contributed by atoms with Gasteiger partial charge >= 0.3 is 5.97 Å². The third-order valence-electron chi connectivity index (χ3n) is 4.47. The molecule has 0 saturated heterocycles. The Labute approximate surface area is 174 Å². The van der Waals surface area contributed by atoms with Crippen LogP contribution in [-0.2, 0) is 16.1 Å². The molecule has 2 aromatic rings. The summed E-state index contributed by atoms with van der Waals surface area (Å²) in [6.45, 7) is 7.12. The van der Waals surface area contributed by atoms with E-state index in [1.807, 2.05) is 57.2 Å². The van der Waals surface area contributed by atoms with Crippen LogP contribution in [0.3, 0.4) is 0 Å². The highest BCUT2D eigenvalue weighted by Crippen LogP contribution is 2.29. The van der Waals surface area contributed by atoms with E-state index in [4.69, 9.17) is 4.74 Å². The first-order valence-electron chi connectivity index (χ1n) is 9.31. The molecule has 0 radical (unpaired) electrons. The van der Waals surface area contributed by atoms with Gasteiger partial charge in [-0.05, 0) is 50.1 Å². The number of carbonyl (C=O) groups excluding carboxylic acids is 2. The SMILES string of the molecule is CC(C)(C)NC(=O)C1c2ccccc2C(=O)OCCN1Cc1cccc(Br)c1. The molecule has 1 unspecified atom stereocenters. The van der Waals surface area contributed by atoms with E-state index in [1.165, 1.54) is 0 Å². The molecule has 1 aliphatic rings. The van der Waals surface area contributed by atoms with Crippen molar-refractivity contribution >= 4 is 27.8 Å². The van der Waals surface area contributed by atoms with Gasteiger partial charge in [-0.25, -0.2) is 4.79 Å². The minimum atomic E-state index is -0.581. The fourth-order valence-corrected chi connectivity index (χ4v) is 3.81. The zero-order valence-corrected chi connectivity index (χ0v) is 18.0. The quantitative estimate of drug-likeness (QED) is 0.724. The first-order chi connectivity index (χ1) is 13.2. The van der Waals surface area contributed by atoms with E-state index < -0.39 is 6.04 Å². The van der Waals surface area contributed by atoms with E-state index >= 15 is 0 Å². The molecular weight excluding hydrogens is 420 g/mol. The van der Waals surface area contributed by atoms with Crippen LogP contribution in [0.1, 0.15) is 48.3 Å². The largest absolute Gasteiger partial charge is 0.461 e. The summed E-state index contributed by atoms with van der Waals surface area (Å²) in [7, 11) is 0. The molecule has 5 nitrogen and oxygen atoms in total. The van der Waals surface area contributed by atoms with Gasteiger partial charge in [0, 0.05) is 23.1 Å². The van der Waals surface area contributed by atoms with Crippen LogP contribution in [0.25, 0.3) is 0 Å². The molecule has 0 aromatic heterocycles. The molecule has 1 amide bonds. The Balaban J connectivity index is 2.04. The summed E-state index contributed by atoms with van der Waals surface area (Å²) in [5.41, 5.74) is 1.81. The highest BCUT2D eigenvalue weighted by molar-refractivity contribution is 9.10. The third kappa shape index (κ3) is 5.00. The molecule has 148 valence electrons. The summed E-state index contributed by atoms with van der Waals surface area (Å²) in [4.78, 5) is 27.8. The van der Waals surface area contributed by atoms with Crippen molar-refractivity contribution in [3.63, 3.8) is 0 Å². The number of nitrogens with zero attached hydrogens (tertiary/aromatic N) is 1. The van der Waals surface area contributed by atoms with Crippen molar-refractivity contribution in [2.75, 3.05) is 13.2 Å². The fraction of sp³-hybridized carbons (Fsp3) is 0.364.